The van der Waals surface area contributed by atoms with Gasteiger partial charge in [0.05, 0.1) is 27.7 Å². The number of phosphoric ester groups is 1. The lowest BCUT2D eigenvalue weighted by atomic mass is 10.0. The average Bonchev–Trinajstić information content (AvgIpc) is 3.34. The number of phosphoric acid groups is 1. The normalized spacial score (nSPS) is 13.6. The Bertz CT molecular complexity index is 1360. The van der Waals surface area contributed by atoms with Crippen LogP contribution in [0.5, 0.6) is 0 Å². The molecule has 0 spiro atoms. The molecule has 0 aromatic heterocycles. The summed E-state index contributed by atoms with van der Waals surface area (Å²) in [5, 5.41) is 0. The number of rotatable bonds is 56. The molecule has 0 bridgehead atoms. The summed E-state index contributed by atoms with van der Waals surface area (Å²) in [5.41, 5.74) is 0. The van der Waals surface area contributed by atoms with Crippen molar-refractivity contribution in [1.82, 2.24) is 0 Å². The Morgan fingerprint density at radius 1 is 0.444 bits per heavy atom. The maximum atomic E-state index is 12.7. The Labute approximate surface area is 445 Å². The molecule has 0 aliphatic heterocycles. The SMILES string of the molecule is CC/C=C\C/C=C\C/C=C\CCCCCC(=O)OC(COC(=O)CCCCCCCCCCCCCCCCCCCCCCCCC/C=C\CCCCCCCCCC)COP(=O)([O-])OCC[N+](C)(C)C. The number of esters is 2. The summed E-state index contributed by atoms with van der Waals surface area (Å²) in [6.07, 6.45) is 67.8. The zero-order chi connectivity index (χ0) is 52.7. The van der Waals surface area contributed by atoms with Crippen LogP contribution >= 0.6 is 7.82 Å². The lowest BCUT2D eigenvalue weighted by Gasteiger charge is -2.28. The van der Waals surface area contributed by atoms with Crippen molar-refractivity contribution in [2.75, 3.05) is 47.5 Å². The Morgan fingerprint density at radius 2 is 0.792 bits per heavy atom. The molecule has 0 rings (SSSR count). The van der Waals surface area contributed by atoms with Crippen molar-refractivity contribution in [2.45, 2.75) is 290 Å². The van der Waals surface area contributed by atoms with Crippen molar-refractivity contribution in [1.29, 1.82) is 0 Å². The van der Waals surface area contributed by atoms with E-state index in [2.05, 4.69) is 62.5 Å². The Balaban J connectivity index is 3.92. The third kappa shape index (κ3) is 57.3. The standard InChI is InChI=1S/C62H116NO8P/c1-6-8-10-12-14-16-18-20-21-22-23-24-25-26-27-28-29-30-31-32-33-34-35-36-37-38-39-40-41-43-44-46-48-50-52-54-61(64)68-58-60(59-70-72(66,67)69-57-56-63(3,4)5)71-62(65)55-53-51-49-47-45-42-19-17-15-13-11-9-7-2/h9,11,15,17,22-23,42,45,60H,6-8,10,12-14,16,18-21,24-41,43-44,46-59H2,1-5H3/b11-9-,17-15-,23-22-,45-42-. The van der Waals surface area contributed by atoms with Gasteiger partial charge in [0, 0.05) is 12.8 Å². The molecule has 0 saturated carbocycles. The molecule has 0 N–H and O–H groups in total. The van der Waals surface area contributed by atoms with E-state index in [4.69, 9.17) is 18.5 Å². The van der Waals surface area contributed by atoms with Crippen molar-refractivity contribution in [2.24, 2.45) is 0 Å². The van der Waals surface area contributed by atoms with Crippen LogP contribution in [0.3, 0.4) is 0 Å². The number of quaternary nitrogens is 1. The van der Waals surface area contributed by atoms with E-state index in [0.717, 1.165) is 57.8 Å². The highest BCUT2D eigenvalue weighted by atomic mass is 31.2. The molecule has 0 fully saturated rings. The summed E-state index contributed by atoms with van der Waals surface area (Å²) in [5.74, 6) is -0.859. The molecule has 422 valence electrons. The molecule has 0 aromatic rings. The lowest BCUT2D eigenvalue weighted by molar-refractivity contribution is -0.870. The largest absolute Gasteiger partial charge is 0.756 e. The smallest absolute Gasteiger partial charge is 0.306 e. The van der Waals surface area contributed by atoms with Gasteiger partial charge < -0.3 is 27.9 Å². The Hall–Kier alpha value is -2.03. The summed E-state index contributed by atoms with van der Waals surface area (Å²) in [6, 6.07) is 0. The highest BCUT2D eigenvalue weighted by Crippen LogP contribution is 2.38. The van der Waals surface area contributed by atoms with Crippen LogP contribution in [0.1, 0.15) is 284 Å². The van der Waals surface area contributed by atoms with Crippen LogP contribution in [0.15, 0.2) is 48.6 Å². The summed E-state index contributed by atoms with van der Waals surface area (Å²) < 4.78 is 34.0. The second-order valence-electron chi connectivity index (χ2n) is 21.7. The van der Waals surface area contributed by atoms with Crippen LogP contribution in [0.25, 0.3) is 0 Å². The molecule has 9 nitrogen and oxygen atoms in total. The van der Waals surface area contributed by atoms with Crippen molar-refractivity contribution in [3.8, 4) is 0 Å². The number of hydrogen-bond donors (Lipinski definition) is 0. The minimum Gasteiger partial charge on any atom is -0.756 e. The zero-order valence-electron chi connectivity index (χ0n) is 47.9. The van der Waals surface area contributed by atoms with Gasteiger partial charge in [-0.3, -0.25) is 14.2 Å². The van der Waals surface area contributed by atoms with E-state index in [1.54, 1.807) is 0 Å². The maximum Gasteiger partial charge on any atom is 0.306 e. The monoisotopic (exact) mass is 1030 g/mol. The quantitative estimate of drug-likeness (QED) is 0.0195. The third-order valence-corrected chi connectivity index (χ3v) is 14.3. The van der Waals surface area contributed by atoms with Gasteiger partial charge in [0.15, 0.2) is 6.10 Å². The van der Waals surface area contributed by atoms with Gasteiger partial charge in [-0.2, -0.15) is 0 Å². The van der Waals surface area contributed by atoms with Crippen LogP contribution < -0.4 is 4.89 Å². The van der Waals surface area contributed by atoms with Crippen molar-refractivity contribution < 1.29 is 42.1 Å². The van der Waals surface area contributed by atoms with Gasteiger partial charge in [-0.05, 0) is 70.6 Å². The average molecular weight is 1030 g/mol. The highest BCUT2D eigenvalue weighted by molar-refractivity contribution is 7.45. The van der Waals surface area contributed by atoms with E-state index < -0.39 is 26.5 Å². The maximum absolute atomic E-state index is 12.7. The number of carbonyl (C=O) groups excluding carboxylic acids is 2. The van der Waals surface area contributed by atoms with Crippen LogP contribution in [-0.2, 0) is 32.7 Å². The molecule has 0 saturated heterocycles. The van der Waals surface area contributed by atoms with Gasteiger partial charge in [0.25, 0.3) is 7.82 Å². The Morgan fingerprint density at radius 3 is 1.21 bits per heavy atom. The summed E-state index contributed by atoms with van der Waals surface area (Å²) >= 11 is 0. The van der Waals surface area contributed by atoms with Gasteiger partial charge >= 0.3 is 11.9 Å². The molecule has 0 aromatic carbocycles. The van der Waals surface area contributed by atoms with E-state index in [1.165, 1.54) is 193 Å². The van der Waals surface area contributed by atoms with E-state index in [-0.39, 0.29) is 32.0 Å². The molecule has 72 heavy (non-hydrogen) atoms. The third-order valence-electron chi connectivity index (χ3n) is 13.3. The number of ether oxygens (including phenoxy) is 2. The van der Waals surface area contributed by atoms with Gasteiger partial charge in [0.1, 0.15) is 19.8 Å². The van der Waals surface area contributed by atoms with E-state index in [1.807, 2.05) is 21.1 Å². The van der Waals surface area contributed by atoms with Crippen LogP contribution in [0, 0.1) is 0 Å². The number of nitrogens with zero attached hydrogens (tertiary/aromatic N) is 1. The van der Waals surface area contributed by atoms with E-state index >= 15 is 0 Å². The molecule has 0 heterocycles. The fourth-order valence-electron chi connectivity index (χ4n) is 8.67. The fraction of sp³-hybridized carbons (Fsp3) is 0.839. The summed E-state index contributed by atoms with van der Waals surface area (Å²) in [7, 11) is 1.15. The first-order valence-corrected chi connectivity index (χ1v) is 31.8. The second-order valence-corrected chi connectivity index (χ2v) is 23.1. The van der Waals surface area contributed by atoms with Crippen molar-refractivity contribution >= 4 is 19.8 Å². The number of hydrogen-bond acceptors (Lipinski definition) is 8. The van der Waals surface area contributed by atoms with Gasteiger partial charge in [-0.1, -0.05) is 249 Å². The van der Waals surface area contributed by atoms with E-state index in [9.17, 15) is 19.0 Å². The zero-order valence-corrected chi connectivity index (χ0v) is 48.8. The molecule has 0 aliphatic rings. The number of likely N-dealkylation sites (N-methyl/N-ethyl adjacent to an activating group) is 1. The topological polar surface area (TPSA) is 111 Å². The molecule has 2 atom stereocenters. The molecular weight excluding hydrogens is 918 g/mol. The predicted octanol–water partition coefficient (Wildman–Crippen LogP) is 18.3. The second kappa shape index (κ2) is 53.8. The molecule has 2 unspecified atom stereocenters. The first-order valence-electron chi connectivity index (χ1n) is 30.3. The van der Waals surface area contributed by atoms with Crippen LogP contribution in [0.4, 0.5) is 0 Å². The summed E-state index contributed by atoms with van der Waals surface area (Å²) in [4.78, 5) is 37.7. The van der Waals surface area contributed by atoms with Crippen molar-refractivity contribution in [3.63, 3.8) is 0 Å². The first-order chi connectivity index (χ1) is 35.0. The summed E-state index contributed by atoms with van der Waals surface area (Å²) in [6.45, 7) is 4.11. The molecular formula is C62H116NO8P. The highest BCUT2D eigenvalue weighted by Gasteiger charge is 2.22. The van der Waals surface area contributed by atoms with Gasteiger partial charge in [0.2, 0.25) is 0 Å². The minimum absolute atomic E-state index is 0.0365. The number of allylic oxidation sites excluding steroid dienone is 8. The van der Waals surface area contributed by atoms with Crippen molar-refractivity contribution in [3.05, 3.63) is 48.6 Å². The van der Waals surface area contributed by atoms with E-state index in [0.29, 0.717) is 17.4 Å². The Kier molecular flexibility index (Phi) is 52.3. The fourth-order valence-corrected chi connectivity index (χ4v) is 9.40. The van der Waals surface area contributed by atoms with Crippen LogP contribution in [0.2, 0.25) is 0 Å². The predicted molar refractivity (Wildman–Crippen MR) is 305 cm³/mol. The first kappa shape index (κ1) is 70.0. The molecule has 10 heteroatoms. The molecule has 0 aliphatic carbocycles. The lowest BCUT2D eigenvalue weighted by Crippen LogP contribution is -2.37. The van der Waals surface area contributed by atoms with Gasteiger partial charge in [-0.25, -0.2) is 0 Å². The number of unbranched alkanes of at least 4 members (excludes halogenated alkanes) is 34. The molecule has 0 radical (unpaired) electrons. The molecule has 0 amide bonds. The van der Waals surface area contributed by atoms with Gasteiger partial charge in [-0.15, -0.1) is 0 Å². The minimum atomic E-state index is -4.64. The number of carbonyl (C=O) groups is 2. The van der Waals surface area contributed by atoms with Crippen LogP contribution in [-0.4, -0.2) is 70.0 Å².